The lowest BCUT2D eigenvalue weighted by molar-refractivity contribution is 0.645. The van der Waals surface area contributed by atoms with E-state index in [1.807, 2.05) is 0 Å². The number of rotatable bonds is 2. The van der Waals surface area contributed by atoms with E-state index in [9.17, 15) is 0 Å². The molecule has 9 aromatic carbocycles. The Morgan fingerprint density at radius 2 is 0.957 bits per heavy atom. The lowest BCUT2D eigenvalue weighted by Crippen LogP contribution is -2.23. The highest BCUT2D eigenvalue weighted by Gasteiger charge is 2.33. The zero-order chi connectivity index (χ0) is 31.3. The first-order valence-electron chi connectivity index (χ1n) is 16.6. The van der Waals surface area contributed by atoms with Crippen LogP contribution in [0.5, 0.6) is 0 Å². The molecule has 47 heavy (non-hydrogen) atoms. The molecule has 220 valence electrons. The fourth-order valence-electron chi connectivity index (χ4n) is 8.60. The van der Waals surface area contributed by atoms with Crippen LogP contribution in [-0.2, 0) is 5.41 Å². The molecule has 1 aliphatic carbocycles. The summed E-state index contributed by atoms with van der Waals surface area (Å²) in [5.41, 5.74) is 10.5. The Kier molecular flexibility index (Phi) is 5.44. The van der Waals surface area contributed by atoms with Crippen LogP contribution >= 0.6 is 0 Å². The average Bonchev–Trinajstić information content (AvgIpc) is 3.12. The summed E-state index contributed by atoms with van der Waals surface area (Å²) in [5, 5.41) is 13.0. The lowest BCUT2D eigenvalue weighted by atomic mass is 9.68. The second kappa shape index (κ2) is 9.64. The van der Waals surface area contributed by atoms with Crippen molar-refractivity contribution in [2.45, 2.75) is 19.3 Å². The summed E-state index contributed by atoms with van der Waals surface area (Å²) in [6, 6.07) is 59.0. The molecule has 10 rings (SSSR count). The van der Waals surface area contributed by atoms with Gasteiger partial charge in [0, 0.05) is 5.41 Å². The third-order valence-corrected chi connectivity index (χ3v) is 10.8. The van der Waals surface area contributed by atoms with E-state index in [-0.39, 0.29) is 5.41 Å². The molecule has 0 atom stereocenters. The first kappa shape index (κ1) is 26.5. The van der Waals surface area contributed by atoms with Crippen LogP contribution in [0.1, 0.15) is 25.0 Å². The van der Waals surface area contributed by atoms with Gasteiger partial charge in [-0.15, -0.1) is 0 Å². The molecule has 0 spiro atoms. The van der Waals surface area contributed by atoms with Crippen molar-refractivity contribution >= 4 is 53.9 Å². The van der Waals surface area contributed by atoms with Gasteiger partial charge in [-0.3, -0.25) is 0 Å². The number of fused-ring (bicyclic) bond motifs is 7. The summed E-state index contributed by atoms with van der Waals surface area (Å²) in [6.07, 6.45) is 0. The topological polar surface area (TPSA) is 0 Å². The largest absolute Gasteiger partial charge is 0.0616 e. The zero-order valence-electron chi connectivity index (χ0n) is 26.5. The van der Waals surface area contributed by atoms with Crippen molar-refractivity contribution in [2.24, 2.45) is 0 Å². The van der Waals surface area contributed by atoms with E-state index in [2.05, 4.69) is 172 Å². The van der Waals surface area contributed by atoms with Crippen molar-refractivity contribution in [3.05, 3.63) is 169 Å². The van der Waals surface area contributed by atoms with Gasteiger partial charge in [-0.25, -0.2) is 0 Å². The van der Waals surface area contributed by atoms with Crippen molar-refractivity contribution in [3.63, 3.8) is 0 Å². The Bertz CT molecular complexity index is 2750. The van der Waals surface area contributed by atoms with E-state index in [0.717, 1.165) is 0 Å². The molecule has 0 N–H and O–H groups in total. The summed E-state index contributed by atoms with van der Waals surface area (Å²) < 4.78 is 0. The summed E-state index contributed by atoms with van der Waals surface area (Å²) >= 11 is 0. The first-order valence-corrected chi connectivity index (χ1v) is 16.6. The van der Waals surface area contributed by atoms with Crippen molar-refractivity contribution in [1.82, 2.24) is 0 Å². The molecule has 0 bridgehead atoms. The Labute approximate surface area is 274 Å². The Morgan fingerprint density at radius 1 is 0.340 bits per heavy atom. The molecule has 0 saturated heterocycles. The molecule has 0 unspecified atom stereocenters. The lowest BCUT2D eigenvalue weighted by Gasteiger charge is -2.35. The molecule has 0 fully saturated rings. The van der Waals surface area contributed by atoms with Gasteiger partial charge in [0.1, 0.15) is 0 Å². The van der Waals surface area contributed by atoms with E-state index < -0.39 is 0 Å². The zero-order valence-corrected chi connectivity index (χ0v) is 26.5. The number of hydrogen-bond donors (Lipinski definition) is 0. The minimum atomic E-state index is -0.0841. The number of hydrogen-bond acceptors (Lipinski definition) is 0. The van der Waals surface area contributed by atoms with E-state index in [4.69, 9.17) is 0 Å². The maximum Gasteiger partial charge on any atom is 0.0159 e. The summed E-state index contributed by atoms with van der Waals surface area (Å²) in [5.74, 6) is 0. The van der Waals surface area contributed by atoms with Crippen molar-refractivity contribution < 1.29 is 0 Å². The van der Waals surface area contributed by atoms with Crippen LogP contribution in [0.15, 0.2) is 158 Å². The highest BCUT2D eigenvalue weighted by atomic mass is 14.4. The van der Waals surface area contributed by atoms with Crippen LogP contribution in [-0.4, -0.2) is 0 Å². The maximum absolute atomic E-state index is 2.46. The third kappa shape index (κ3) is 3.70. The van der Waals surface area contributed by atoms with Crippen LogP contribution < -0.4 is 0 Å². The molecular formula is C47H32. The maximum atomic E-state index is 2.46. The Balaban J connectivity index is 1.31. The van der Waals surface area contributed by atoms with E-state index >= 15 is 0 Å². The molecule has 0 nitrogen and oxygen atoms in total. The van der Waals surface area contributed by atoms with Gasteiger partial charge in [-0.1, -0.05) is 159 Å². The predicted octanol–water partition coefficient (Wildman–Crippen LogP) is 13.1. The standard InChI is InChI=1S/C47H32/c1-47(2)42-26-25-32(27-41(42)39-20-8-14-31-15-9-22-43(47)44(31)39)35-18-10-21-38-40(35)28-33-24-23-30-12-4-6-17-36(30)45(33)46(38)37-19-7-13-29-11-3-5-16-34(29)37/h3-28H,1-2H3. The van der Waals surface area contributed by atoms with Gasteiger partial charge < -0.3 is 0 Å². The summed E-state index contributed by atoms with van der Waals surface area (Å²) in [4.78, 5) is 0. The molecular weight excluding hydrogens is 565 g/mol. The van der Waals surface area contributed by atoms with Crippen LogP contribution in [0.4, 0.5) is 0 Å². The van der Waals surface area contributed by atoms with Gasteiger partial charge in [0.2, 0.25) is 0 Å². The molecule has 9 aromatic rings. The summed E-state index contributed by atoms with van der Waals surface area (Å²) in [7, 11) is 0. The highest BCUT2D eigenvalue weighted by Crippen LogP contribution is 2.50. The van der Waals surface area contributed by atoms with E-state index in [0.29, 0.717) is 0 Å². The van der Waals surface area contributed by atoms with Crippen LogP contribution in [0, 0.1) is 0 Å². The van der Waals surface area contributed by atoms with Gasteiger partial charge in [-0.2, -0.15) is 0 Å². The molecule has 0 aromatic heterocycles. The normalized spacial score (nSPS) is 13.5. The van der Waals surface area contributed by atoms with Crippen LogP contribution in [0.2, 0.25) is 0 Å². The fourth-order valence-corrected chi connectivity index (χ4v) is 8.60. The second-order valence-electron chi connectivity index (χ2n) is 13.7. The Hall–Kier alpha value is -5.72. The fraction of sp³-hybridized carbons (Fsp3) is 0.0638. The van der Waals surface area contributed by atoms with Crippen molar-refractivity contribution in [1.29, 1.82) is 0 Å². The monoisotopic (exact) mass is 596 g/mol. The molecule has 0 aliphatic heterocycles. The third-order valence-electron chi connectivity index (χ3n) is 10.8. The average molecular weight is 597 g/mol. The molecule has 1 aliphatic rings. The van der Waals surface area contributed by atoms with Gasteiger partial charge in [-0.05, 0) is 111 Å². The second-order valence-corrected chi connectivity index (χ2v) is 13.7. The van der Waals surface area contributed by atoms with Crippen LogP contribution in [0.25, 0.3) is 87.2 Å². The van der Waals surface area contributed by atoms with Gasteiger partial charge >= 0.3 is 0 Å². The summed E-state index contributed by atoms with van der Waals surface area (Å²) in [6.45, 7) is 4.75. The predicted molar refractivity (Wildman–Crippen MR) is 202 cm³/mol. The van der Waals surface area contributed by atoms with Crippen molar-refractivity contribution in [3.8, 4) is 33.4 Å². The minimum Gasteiger partial charge on any atom is -0.0616 e. The smallest absolute Gasteiger partial charge is 0.0159 e. The van der Waals surface area contributed by atoms with Gasteiger partial charge in [0.25, 0.3) is 0 Å². The quantitative estimate of drug-likeness (QED) is 0.138. The van der Waals surface area contributed by atoms with Gasteiger partial charge in [0.15, 0.2) is 0 Å². The molecule has 0 saturated carbocycles. The molecule has 0 radical (unpaired) electrons. The van der Waals surface area contributed by atoms with Crippen LogP contribution in [0.3, 0.4) is 0 Å². The first-order chi connectivity index (χ1) is 23.1. The Morgan fingerprint density at radius 3 is 1.81 bits per heavy atom. The van der Waals surface area contributed by atoms with Crippen molar-refractivity contribution in [2.75, 3.05) is 0 Å². The van der Waals surface area contributed by atoms with Gasteiger partial charge in [0.05, 0.1) is 0 Å². The van der Waals surface area contributed by atoms with E-state index in [1.54, 1.807) is 0 Å². The SMILES string of the molecule is CC1(C)c2ccc(-c3cccc4c(-c5cccc6ccccc56)c5c(ccc6ccccc65)cc34)cc2-c2cccc3cccc1c23. The molecule has 0 heteroatoms. The highest BCUT2D eigenvalue weighted by molar-refractivity contribution is 6.25. The number of benzene rings is 9. The minimum absolute atomic E-state index is 0.0841. The van der Waals surface area contributed by atoms with E-state index in [1.165, 1.54) is 98.4 Å². The molecule has 0 heterocycles. The molecule has 0 amide bonds.